The van der Waals surface area contributed by atoms with Crippen molar-refractivity contribution in [2.24, 2.45) is 11.0 Å². The maximum atomic E-state index is 14.4. The van der Waals surface area contributed by atoms with Crippen LogP contribution in [0.2, 0.25) is 0 Å². The number of hydrogen-bond acceptors (Lipinski definition) is 4. The Balaban J connectivity index is 1.32. The highest BCUT2D eigenvalue weighted by Crippen LogP contribution is 2.45. The summed E-state index contributed by atoms with van der Waals surface area (Å²) in [5, 5.41) is 10.5. The van der Waals surface area contributed by atoms with E-state index in [1.54, 1.807) is 12.1 Å². The van der Waals surface area contributed by atoms with Gasteiger partial charge in [0.15, 0.2) is 17.0 Å². The van der Waals surface area contributed by atoms with Crippen molar-refractivity contribution in [1.29, 1.82) is 0 Å². The van der Waals surface area contributed by atoms with Crippen molar-refractivity contribution in [2.75, 3.05) is 0 Å². The van der Waals surface area contributed by atoms with E-state index in [0.717, 1.165) is 62.2 Å². The summed E-state index contributed by atoms with van der Waals surface area (Å²) < 4.78 is 45.9. The Morgan fingerprint density at radius 3 is 2.25 bits per heavy atom. The standard InChI is InChI=1S/C37H30Br2F3N5O/c1-21(2)23-8-10-24(11-9-23)30-19-32(37(40,41)42)46-33(43-30)20-31(44-46)36(48)47-35(25-12-16-28(39)17-13-25)29-5-3-4-26(34(29)45-47)18-22-6-14-27(38)15-7-22/h6-21,29,35H,3-5H2,1-2H3/b26-18+/t29-,35-/m1/s1. The molecular formula is C37H30Br2F3N5O. The van der Waals surface area contributed by atoms with Crippen LogP contribution in [-0.2, 0) is 6.18 Å². The second kappa shape index (κ2) is 12.7. The maximum absolute atomic E-state index is 14.4. The van der Waals surface area contributed by atoms with E-state index >= 15 is 0 Å². The summed E-state index contributed by atoms with van der Waals surface area (Å²) in [5.74, 6) is -0.406. The van der Waals surface area contributed by atoms with Crippen LogP contribution in [0.4, 0.5) is 13.2 Å². The van der Waals surface area contributed by atoms with Gasteiger partial charge in [0.25, 0.3) is 5.91 Å². The molecule has 1 saturated carbocycles. The predicted octanol–water partition coefficient (Wildman–Crippen LogP) is 10.5. The zero-order valence-corrected chi connectivity index (χ0v) is 29.2. The van der Waals surface area contributed by atoms with E-state index in [-0.39, 0.29) is 28.9 Å². The number of benzene rings is 3. The largest absolute Gasteiger partial charge is 0.433 e. The molecule has 48 heavy (non-hydrogen) atoms. The summed E-state index contributed by atoms with van der Waals surface area (Å²) in [5.41, 5.74) is 4.25. The molecule has 0 N–H and O–H groups in total. The minimum atomic E-state index is -4.74. The normalized spacial score (nSPS) is 18.9. The second-order valence-corrected chi connectivity index (χ2v) is 14.3. The Labute approximate surface area is 292 Å². The van der Waals surface area contributed by atoms with Crippen LogP contribution in [0, 0.1) is 5.92 Å². The number of carbonyl (C=O) groups is 1. The first-order chi connectivity index (χ1) is 23.0. The lowest BCUT2D eigenvalue weighted by molar-refractivity contribution is -0.142. The number of rotatable bonds is 5. The Bertz CT molecular complexity index is 2070. The smallest absolute Gasteiger partial charge is 0.265 e. The molecule has 1 aliphatic carbocycles. The first-order valence-electron chi connectivity index (χ1n) is 15.7. The van der Waals surface area contributed by atoms with E-state index in [0.29, 0.717) is 10.1 Å². The molecule has 3 heterocycles. The molecule has 0 unspecified atom stereocenters. The van der Waals surface area contributed by atoms with Gasteiger partial charge in [-0.25, -0.2) is 14.5 Å². The van der Waals surface area contributed by atoms with Gasteiger partial charge in [-0.2, -0.15) is 23.4 Å². The Morgan fingerprint density at radius 1 is 0.938 bits per heavy atom. The average molecular weight is 777 g/mol. The Hall–Kier alpha value is -4.09. The van der Waals surface area contributed by atoms with Crippen LogP contribution in [-0.4, -0.2) is 31.2 Å². The first kappa shape index (κ1) is 32.5. The van der Waals surface area contributed by atoms with Gasteiger partial charge >= 0.3 is 6.18 Å². The minimum Gasteiger partial charge on any atom is -0.265 e. The lowest BCUT2D eigenvalue weighted by Gasteiger charge is -2.29. The van der Waals surface area contributed by atoms with E-state index in [2.05, 4.69) is 48.0 Å². The molecule has 244 valence electrons. The molecule has 0 spiro atoms. The Morgan fingerprint density at radius 2 is 1.60 bits per heavy atom. The molecule has 1 amide bonds. The first-order valence-corrected chi connectivity index (χ1v) is 17.3. The number of nitrogens with zero attached hydrogens (tertiary/aromatic N) is 5. The van der Waals surface area contributed by atoms with Crippen molar-refractivity contribution in [1.82, 2.24) is 19.6 Å². The fraction of sp³-hybridized carbons (Fsp3) is 0.243. The molecule has 0 bridgehead atoms. The molecule has 5 aromatic rings. The SMILES string of the molecule is CC(C)c1ccc(-c2cc(C(F)(F)F)n3nc(C(=O)N4N=C5/C(=C/c6ccc(Br)cc6)CCC[C@H]5[C@H]4c4ccc(Br)cc4)cc3n2)cc1. The number of alkyl halides is 3. The highest BCUT2D eigenvalue weighted by Gasteiger charge is 2.45. The molecule has 2 aliphatic rings. The van der Waals surface area contributed by atoms with Gasteiger partial charge in [-0.1, -0.05) is 94.2 Å². The van der Waals surface area contributed by atoms with Crippen LogP contribution >= 0.6 is 31.9 Å². The molecule has 7 rings (SSSR count). The highest BCUT2D eigenvalue weighted by atomic mass is 79.9. The lowest BCUT2D eigenvalue weighted by Crippen LogP contribution is -2.32. The average Bonchev–Trinajstić information content (AvgIpc) is 3.68. The number of hydrogen-bond donors (Lipinski definition) is 0. The van der Waals surface area contributed by atoms with Gasteiger partial charge in [0.05, 0.1) is 17.4 Å². The number of carbonyl (C=O) groups excluding carboxylic acids is 1. The molecule has 0 saturated heterocycles. The van der Waals surface area contributed by atoms with Crippen molar-refractivity contribution in [3.8, 4) is 11.3 Å². The lowest BCUT2D eigenvalue weighted by atomic mass is 9.77. The predicted molar refractivity (Wildman–Crippen MR) is 187 cm³/mol. The van der Waals surface area contributed by atoms with Crippen LogP contribution in [0.15, 0.2) is 105 Å². The van der Waals surface area contributed by atoms with Gasteiger partial charge in [0.1, 0.15) is 0 Å². The van der Waals surface area contributed by atoms with E-state index in [4.69, 9.17) is 5.10 Å². The summed E-state index contributed by atoms with van der Waals surface area (Å²) in [6, 6.07) is 24.9. The summed E-state index contributed by atoms with van der Waals surface area (Å²) in [6.07, 6.45) is -0.117. The fourth-order valence-corrected chi connectivity index (χ4v) is 7.03. The van der Waals surface area contributed by atoms with E-state index in [1.807, 2.05) is 74.5 Å². The van der Waals surface area contributed by atoms with E-state index < -0.39 is 23.8 Å². The van der Waals surface area contributed by atoms with Gasteiger partial charge in [-0.3, -0.25) is 4.79 Å². The van der Waals surface area contributed by atoms with Crippen molar-refractivity contribution in [2.45, 2.75) is 51.2 Å². The van der Waals surface area contributed by atoms with Gasteiger partial charge < -0.3 is 0 Å². The van der Waals surface area contributed by atoms with Crippen molar-refractivity contribution >= 4 is 55.2 Å². The number of aromatic nitrogens is 3. The zero-order chi connectivity index (χ0) is 33.7. The second-order valence-electron chi connectivity index (χ2n) is 12.5. The maximum Gasteiger partial charge on any atom is 0.433 e. The van der Waals surface area contributed by atoms with Gasteiger partial charge in [0.2, 0.25) is 0 Å². The van der Waals surface area contributed by atoms with Crippen LogP contribution in [0.1, 0.15) is 77.9 Å². The van der Waals surface area contributed by atoms with Crippen molar-refractivity contribution in [3.63, 3.8) is 0 Å². The summed E-state index contributed by atoms with van der Waals surface area (Å²) in [6.45, 7) is 4.10. The van der Waals surface area contributed by atoms with Crippen molar-refractivity contribution in [3.05, 3.63) is 128 Å². The van der Waals surface area contributed by atoms with Crippen LogP contribution < -0.4 is 0 Å². The summed E-state index contributed by atoms with van der Waals surface area (Å²) in [7, 11) is 0. The van der Waals surface area contributed by atoms with E-state index in [9.17, 15) is 18.0 Å². The number of halogens is 5. The molecule has 1 fully saturated rings. The van der Waals surface area contributed by atoms with Crippen molar-refractivity contribution < 1.29 is 18.0 Å². The van der Waals surface area contributed by atoms with Gasteiger partial charge in [-0.05, 0) is 83.9 Å². The Kier molecular flexibility index (Phi) is 8.62. The quantitative estimate of drug-likeness (QED) is 0.179. The molecular weight excluding hydrogens is 747 g/mol. The number of allylic oxidation sites excluding steroid dienone is 1. The highest BCUT2D eigenvalue weighted by molar-refractivity contribution is 9.10. The van der Waals surface area contributed by atoms with Crippen LogP contribution in [0.3, 0.4) is 0 Å². The molecule has 1 aliphatic heterocycles. The molecule has 2 atom stereocenters. The molecule has 3 aromatic carbocycles. The molecule has 6 nitrogen and oxygen atoms in total. The summed E-state index contributed by atoms with van der Waals surface area (Å²) in [4.78, 5) is 18.9. The summed E-state index contributed by atoms with van der Waals surface area (Å²) >= 11 is 6.98. The minimum absolute atomic E-state index is 0.0728. The third kappa shape index (κ3) is 6.25. The number of fused-ring (bicyclic) bond motifs is 2. The number of hydrazone groups is 1. The van der Waals surface area contributed by atoms with Crippen LogP contribution in [0.5, 0.6) is 0 Å². The van der Waals surface area contributed by atoms with Crippen LogP contribution in [0.25, 0.3) is 23.0 Å². The molecule has 0 radical (unpaired) electrons. The third-order valence-corrected chi connectivity index (χ3v) is 10.00. The number of amides is 1. The molecule has 11 heteroatoms. The molecule has 2 aromatic heterocycles. The van der Waals surface area contributed by atoms with Gasteiger partial charge in [-0.15, -0.1) is 0 Å². The monoisotopic (exact) mass is 775 g/mol. The van der Waals surface area contributed by atoms with Gasteiger partial charge in [0, 0.05) is 26.5 Å². The fourth-order valence-electron chi connectivity index (χ4n) is 6.51. The third-order valence-electron chi connectivity index (χ3n) is 8.94. The van der Waals surface area contributed by atoms with E-state index in [1.165, 1.54) is 11.1 Å². The topological polar surface area (TPSA) is 62.9 Å². The zero-order valence-electron chi connectivity index (χ0n) is 26.0.